The standard InChI is InChI=1S/C28H27N5O3S2/c34-26-18-37-28(33(26)20-8-2-1-3-9-20)32-38(35,36)21-16-14-19(15-17-21)30-31-27-22-10-4-6-12-24(22)29-25-13-7-5-11-23(25)27/h4-7,10-17,20,30H,1-3,8-9,18H2,(H,29,31)/b32-28+. The van der Waals surface area contributed by atoms with Crippen molar-refractivity contribution in [2.75, 3.05) is 16.6 Å². The molecule has 2 fully saturated rings. The van der Waals surface area contributed by atoms with E-state index in [1.54, 1.807) is 17.0 Å². The quantitative estimate of drug-likeness (QED) is 0.234. The summed E-state index contributed by atoms with van der Waals surface area (Å²) in [6.07, 6.45) is 5.03. The second-order valence-corrected chi connectivity index (χ2v) is 12.0. The summed E-state index contributed by atoms with van der Waals surface area (Å²) in [6, 6.07) is 22.3. The highest BCUT2D eigenvalue weighted by Gasteiger charge is 2.36. The van der Waals surface area contributed by atoms with Gasteiger partial charge in [0.15, 0.2) is 5.17 Å². The third-order valence-corrected chi connectivity index (χ3v) is 9.34. The molecule has 1 aliphatic heterocycles. The fourth-order valence-electron chi connectivity index (χ4n) is 5.12. The molecule has 6 rings (SSSR count). The van der Waals surface area contributed by atoms with Crippen LogP contribution in [0.1, 0.15) is 32.1 Å². The number of hydrogen-bond donors (Lipinski definition) is 2. The third kappa shape index (κ3) is 4.81. The van der Waals surface area contributed by atoms with E-state index in [-0.39, 0.29) is 22.6 Å². The lowest BCUT2D eigenvalue weighted by molar-refractivity contribution is -0.126. The molecule has 0 atom stereocenters. The molecule has 0 unspecified atom stereocenters. The van der Waals surface area contributed by atoms with Crippen LogP contribution in [0.3, 0.4) is 0 Å². The normalized spacial score (nSPS) is 17.9. The summed E-state index contributed by atoms with van der Waals surface area (Å²) >= 11 is 1.20. The first-order valence-electron chi connectivity index (χ1n) is 12.7. The minimum atomic E-state index is -3.96. The Morgan fingerprint density at radius 3 is 2.13 bits per heavy atom. The largest absolute Gasteiger partial charge is 0.301 e. The molecule has 2 N–H and O–H groups in total. The van der Waals surface area contributed by atoms with Crippen LogP contribution >= 0.6 is 11.8 Å². The van der Waals surface area contributed by atoms with Gasteiger partial charge in [-0.05, 0) is 49.2 Å². The Morgan fingerprint density at radius 2 is 1.47 bits per heavy atom. The molecular formula is C28H27N5O3S2. The van der Waals surface area contributed by atoms with E-state index in [9.17, 15) is 13.2 Å². The van der Waals surface area contributed by atoms with Crippen molar-refractivity contribution in [3.63, 3.8) is 0 Å². The molecule has 2 heterocycles. The number of carbonyl (C=O) groups is 1. The first-order valence-corrected chi connectivity index (χ1v) is 15.1. The predicted octanol–water partition coefficient (Wildman–Crippen LogP) is 5.78. The van der Waals surface area contributed by atoms with E-state index in [0.29, 0.717) is 10.9 Å². The van der Waals surface area contributed by atoms with Crippen molar-refractivity contribution in [3.8, 4) is 0 Å². The SMILES string of the molecule is O=C1CS/C(=N/S(=O)(=O)c2ccc(NNc3c4ccccc4nc4ccccc34)cc2)N1C1CCCCC1. The molecule has 1 saturated carbocycles. The van der Waals surface area contributed by atoms with Crippen LogP contribution in [0.15, 0.2) is 82.1 Å². The molecule has 3 aromatic carbocycles. The van der Waals surface area contributed by atoms with Crippen molar-refractivity contribution in [2.24, 2.45) is 4.40 Å². The predicted molar refractivity (Wildman–Crippen MR) is 154 cm³/mol. The van der Waals surface area contributed by atoms with Gasteiger partial charge in [-0.1, -0.05) is 67.4 Å². The summed E-state index contributed by atoms with van der Waals surface area (Å²) in [4.78, 5) is 19.0. The van der Waals surface area contributed by atoms with Gasteiger partial charge in [-0.3, -0.25) is 15.1 Å². The number of sulfonamides is 1. The van der Waals surface area contributed by atoms with Gasteiger partial charge < -0.3 is 5.43 Å². The van der Waals surface area contributed by atoms with E-state index in [2.05, 4.69) is 15.2 Å². The van der Waals surface area contributed by atoms with Crippen molar-refractivity contribution in [1.82, 2.24) is 9.88 Å². The number of amidine groups is 1. The fourth-order valence-corrected chi connectivity index (χ4v) is 7.28. The zero-order valence-electron chi connectivity index (χ0n) is 20.6. The van der Waals surface area contributed by atoms with E-state index in [1.165, 1.54) is 23.9 Å². The number of hydrogen-bond acceptors (Lipinski definition) is 7. The number of carbonyl (C=O) groups excluding carboxylic acids is 1. The fraction of sp³-hybridized carbons (Fsp3) is 0.250. The Kier molecular flexibility index (Phi) is 6.67. The summed E-state index contributed by atoms with van der Waals surface area (Å²) in [7, 11) is -3.96. The number of para-hydroxylation sites is 2. The lowest BCUT2D eigenvalue weighted by atomic mass is 9.94. The van der Waals surface area contributed by atoms with Gasteiger partial charge in [0.2, 0.25) is 5.91 Å². The molecule has 38 heavy (non-hydrogen) atoms. The summed E-state index contributed by atoms with van der Waals surface area (Å²) in [5.74, 6) is 0.176. The van der Waals surface area contributed by atoms with Crippen molar-refractivity contribution >= 4 is 66.0 Å². The minimum absolute atomic E-state index is 0.0400. The maximum atomic E-state index is 13.1. The van der Waals surface area contributed by atoms with Crippen LogP contribution in [-0.2, 0) is 14.8 Å². The maximum absolute atomic E-state index is 13.1. The molecule has 8 nitrogen and oxygen atoms in total. The summed E-state index contributed by atoms with van der Waals surface area (Å²) in [6.45, 7) is 0. The summed E-state index contributed by atoms with van der Waals surface area (Å²) in [5, 5.41) is 2.24. The molecule has 2 aliphatic rings. The van der Waals surface area contributed by atoms with Crippen LogP contribution in [-0.4, -0.2) is 41.2 Å². The summed E-state index contributed by atoms with van der Waals surface area (Å²) < 4.78 is 30.3. The second-order valence-electron chi connectivity index (χ2n) is 9.49. The molecule has 1 aromatic heterocycles. The molecule has 0 spiro atoms. The highest BCUT2D eigenvalue weighted by Crippen LogP contribution is 2.32. The van der Waals surface area contributed by atoms with Crippen molar-refractivity contribution in [3.05, 3.63) is 72.8 Å². The number of hydrazine groups is 1. The Labute approximate surface area is 225 Å². The highest BCUT2D eigenvalue weighted by molar-refractivity contribution is 8.15. The molecule has 1 amide bonds. The van der Waals surface area contributed by atoms with Crippen LogP contribution in [0, 0.1) is 0 Å². The van der Waals surface area contributed by atoms with Crippen LogP contribution in [0.2, 0.25) is 0 Å². The van der Waals surface area contributed by atoms with Crippen LogP contribution in [0.25, 0.3) is 21.8 Å². The number of rotatable bonds is 6. The monoisotopic (exact) mass is 545 g/mol. The number of anilines is 2. The van der Waals surface area contributed by atoms with Crippen LogP contribution < -0.4 is 10.9 Å². The van der Waals surface area contributed by atoms with Gasteiger partial charge in [-0.25, -0.2) is 4.98 Å². The average molecular weight is 546 g/mol. The number of pyridine rings is 1. The first kappa shape index (κ1) is 24.7. The molecule has 0 radical (unpaired) electrons. The molecule has 0 bridgehead atoms. The number of amides is 1. The van der Waals surface area contributed by atoms with E-state index < -0.39 is 10.0 Å². The van der Waals surface area contributed by atoms with Gasteiger partial charge in [0.05, 0.1) is 33.1 Å². The first-order chi connectivity index (χ1) is 18.5. The van der Waals surface area contributed by atoms with E-state index >= 15 is 0 Å². The molecule has 194 valence electrons. The van der Waals surface area contributed by atoms with E-state index in [1.807, 2.05) is 48.5 Å². The van der Waals surface area contributed by atoms with E-state index in [0.717, 1.165) is 59.6 Å². The van der Waals surface area contributed by atoms with Gasteiger partial charge in [0.25, 0.3) is 10.0 Å². The second kappa shape index (κ2) is 10.3. The molecule has 1 saturated heterocycles. The zero-order valence-corrected chi connectivity index (χ0v) is 22.3. The van der Waals surface area contributed by atoms with E-state index in [4.69, 9.17) is 4.98 Å². The Morgan fingerprint density at radius 1 is 0.842 bits per heavy atom. The van der Waals surface area contributed by atoms with Gasteiger partial charge in [0, 0.05) is 16.8 Å². The van der Waals surface area contributed by atoms with Crippen molar-refractivity contribution < 1.29 is 13.2 Å². The lowest BCUT2D eigenvalue weighted by Crippen LogP contribution is -2.41. The van der Waals surface area contributed by atoms with Crippen LogP contribution in [0.4, 0.5) is 11.4 Å². The van der Waals surface area contributed by atoms with Crippen LogP contribution in [0.5, 0.6) is 0 Å². The number of thioether (sulfide) groups is 1. The molecule has 10 heteroatoms. The highest BCUT2D eigenvalue weighted by atomic mass is 32.2. The maximum Gasteiger partial charge on any atom is 0.284 e. The smallest absolute Gasteiger partial charge is 0.284 e. The Hall–Kier alpha value is -3.63. The Balaban J connectivity index is 1.22. The lowest BCUT2D eigenvalue weighted by Gasteiger charge is -2.30. The van der Waals surface area contributed by atoms with Crippen molar-refractivity contribution in [2.45, 2.75) is 43.0 Å². The summed E-state index contributed by atoms with van der Waals surface area (Å²) in [5.41, 5.74) is 9.82. The number of benzene rings is 3. The zero-order chi connectivity index (χ0) is 26.1. The minimum Gasteiger partial charge on any atom is -0.301 e. The third-order valence-electron chi connectivity index (χ3n) is 7.01. The number of nitrogens with one attached hydrogen (secondary N) is 2. The van der Waals surface area contributed by atoms with Gasteiger partial charge in [-0.2, -0.15) is 8.42 Å². The topological polar surface area (TPSA) is 104 Å². The van der Waals surface area contributed by atoms with Gasteiger partial charge >= 0.3 is 0 Å². The molecule has 1 aliphatic carbocycles. The van der Waals surface area contributed by atoms with Crippen molar-refractivity contribution in [1.29, 1.82) is 0 Å². The van der Waals surface area contributed by atoms with Gasteiger partial charge in [0.1, 0.15) is 0 Å². The number of nitrogens with zero attached hydrogens (tertiary/aromatic N) is 3. The average Bonchev–Trinajstić information content (AvgIpc) is 3.30. The van der Waals surface area contributed by atoms with Gasteiger partial charge in [-0.15, -0.1) is 4.40 Å². The Bertz CT molecular complexity index is 1590. The molecular weight excluding hydrogens is 518 g/mol. The number of aromatic nitrogens is 1. The molecule has 4 aromatic rings. The number of fused-ring (bicyclic) bond motifs is 2.